The van der Waals surface area contributed by atoms with Crippen LogP contribution in [0.5, 0.6) is 11.5 Å². The van der Waals surface area contributed by atoms with E-state index in [0.29, 0.717) is 12.5 Å². The zero-order valence-corrected chi connectivity index (χ0v) is 16.2. The molecule has 26 heavy (non-hydrogen) atoms. The molecule has 0 saturated carbocycles. The predicted molar refractivity (Wildman–Crippen MR) is 101 cm³/mol. The van der Waals surface area contributed by atoms with E-state index in [-0.39, 0.29) is 12.0 Å². The Labute approximate surface area is 155 Å². The zero-order valence-electron chi connectivity index (χ0n) is 16.2. The van der Waals surface area contributed by atoms with Gasteiger partial charge in [0.25, 0.3) is 0 Å². The Balaban J connectivity index is 1.94. The third kappa shape index (κ3) is 3.58. The fraction of sp³-hybridized carbons (Fsp3) is 0.571. The van der Waals surface area contributed by atoms with Gasteiger partial charge in [0.1, 0.15) is 0 Å². The average molecular weight is 359 g/mol. The molecule has 1 fully saturated rings. The van der Waals surface area contributed by atoms with E-state index in [1.165, 1.54) is 16.7 Å². The Kier molecular flexibility index (Phi) is 5.87. The molecule has 1 aromatic carbocycles. The van der Waals surface area contributed by atoms with Crippen molar-refractivity contribution in [2.45, 2.75) is 39.2 Å². The molecule has 2 unspecified atom stereocenters. The molecule has 0 amide bonds. The lowest BCUT2D eigenvalue weighted by atomic mass is 9.79. The molecule has 142 valence electrons. The van der Waals surface area contributed by atoms with E-state index < -0.39 is 0 Å². The first-order valence-electron chi connectivity index (χ1n) is 9.47. The van der Waals surface area contributed by atoms with Crippen molar-refractivity contribution in [1.82, 2.24) is 4.90 Å². The summed E-state index contributed by atoms with van der Waals surface area (Å²) < 4.78 is 16.1. The molecule has 0 N–H and O–H groups in total. The van der Waals surface area contributed by atoms with E-state index in [9.17, 15) is 4.79 Å². The Morgan fingerprint density at radius 3 is 2.62 bits per heavy atom. The summed E-state index contributed by atoms with van der Waals surface area (Å²) in [7, 11) is 3.34. The number of ether oxygens (including phenoxy) is 3. The van der Waals surface area contributed by atoms with Crippen LogP contribution in [0.2, 0.25) is 0 Å². The molecule has 0 spiro atoms. The van der Waals surface area contributed by atoms with E-state index >= 15 is 0 Å². The standard InChI is InChI=1S/C21H29NO4/c1-5-14-13-22-8-7-15-10-19(24-3)20(25-4)12-17(15)18(22)9-16(14)11-21(23)26-6-2/h10-12,14,18H,5-9,13H2,1-4H3/b16-11+. The Morgan fingerprint density at radius 1 is 1.23 bits per heavy atom. The highest BCUT2D eigenvalue weighted by Crippen LogP contribution is 2.44. The molecule has 2 heterocycles. The van der Waals surface area contributed by atoms with Gasteiger partial charge in [-0.3, -0.25) is 4.90 Å². The van der Waals surface area contributed by atoms with E-state index in [1.807, 2.05) is 6.92 Å². The van der Waals surface area contributed by atoms with Gasteiger partial charge in [-0.15, -0.1) is 0 Å². The maximum absolute atomic E-state index is 12.0. The lowest BCUT2D eigenvalue weighted by Gasteiger charge is -2.45. The number of hydrogen-bond donors (Lipinski definition) is 0. The molecule has 3 rings (SSSR count). The Morgan fingerprint density at radius 2 is 1.96 bits per heavy atom. The van der Waals surface area contributed by atoms with Crippen molar-refractivity contribution in [3.63, 3.8) is 0 Å². The number of methoxy groups -OCH3 is 2. The summed E-state index contributed by atoms with van der Waals surface area (Å²) >= 11 is 0. The third-order valence-corrected chi connectivity index (χ3v) is 5.60. The van der Waals surface area contributed by atoms with E-state index in [4.69, 9.17) is 14.2 Å². The fourth-order valence-electron chi connectivity index (χ4n) is 4.23. The van der Waals surface area contributed by atoms with Crippen LogP contribution in [0.1, 0.15) is 43.9 Å². The molecule has 5 heteroatoms. The van der Waals surface area contributed by atoms with Crippen molar-refractivity contribution in [1.29, 1.82) is 0 Å². The van der Waals surface area contributed by atoms with Gasteiger partial charge < -0.3 is 14.2 Å². The van der Waals surface area contributed by atoms with Crippen LogP contribution in [0, 0.1) is 5.92 Å². The second-order valence-electron chi connectivity index (χ2n) is 6.95. The van der Waals surface area contributed by atoms with Crippen LogP contribution in [0.4, 0.5) is 0 Å². The van der Waals surface area contributed by atoms with Crippen LogP contribution in [-0.4, -0.2) is 44.8 Å². The van der Waals surface area contributed by atoms with Crippen molar-refractivity contribution < 1.29 is 19.0 Å². The minimum atomic E-state index is -0.224. The van der Waals surface area contributed by atoms with Crippen molar-refractivity contribution in [2.24, 2.45) is 5.92 Å². The topological polar surface area (TPSA) is 48.0 Å². The smallest absolute Gasteiger partial charge is 0.330 e. The maximum atomic E-state index is 12.0. The SMILES string of the molecule is CCOC(=O)/C=C1\CC2c3cc(OC)c(OC)cc3CCN2CC1CC. The van der Waals surface area contributed by atoms with Crippen LogP contribution in [0.25, 0.3) is 0 Å². The molecule has 2 atom stereocenters. The summed E-state index contributed by atoms with van der Waals surface area (Å²) in [6.45, 7) is 6.47. The number of esters is 1. The van der Waals surface area contributed by atoms with E-state index in [2.05, 4.69) is 24.0 Å². The van der Waals surface area contributed by atoms with Gasteiger partial charge in [0.15, 0.2) is 11.5 Å². The predicted octanol–water partition coefficient (Wildman–Crippen LogP) is 3.52. The molecular formula is C21H29NO4. The Bertz CT molecular complexity index is 697. The van der Waals surface area contributed by atoms with Crippen molar-refractivity contribution in [2.75, 3.05) is 33.9 Å². The van der Waals surface area contributed by atoms with E-state index in [0.717, 1.165) is 43.9 Å². The minimum absolute atomic E-state index is 0.224. The van der Waals surface area contributed by atoms with Gasteiger partial charge in [-0.2, -0.15) is 0 Å². The first kappa shape index (κ1) is 18.8. The van der Waals surface area contributed by atoms with Gasteiger partial charge in [0.05, 0.1) is 20.8 Å². The highest BCUT2D eigenvalue weighted by molar-refractivity contribution is 5.83. The molecule has 0 aliphatic carbocycles. The highest BCUT2D eigenvalue weighted by atomic mass is 16.5. The number of nitrogens with zero attached hydrogens (tertiary/aromatic N) is 1. The van der Waals surface area contributed by atoms with Gasteiger partial charge >= 0.3 is 5.97 Å². The number of fused-ring (bicyclic) bond motifs is 3. The van der Waals surface area contributed by atoms with Gasteiger partial charge in [-0.1, -0.05) is 12.5 Å². The minimum Gasteiger partial charge on any atom is -0.493 e. The molecule has 0 radical (unpaired) electrons. The molecule has 5 nitrogen and oxygen atoms in total. The molecule has 1 saturated heterocycles. The van der Waals surface area contributed by atoms with Crippen molar-refractivity contribution in [3.05, 3.63) is 34.9 Å². The number of piperidine rings is 1. The number of carbonyl (C=O) groups is 1. The summed E-state index contributed by atoms with van der Waals surface area (Å²) in [4.78, 5) is 14.6. The van der Waals surface area contributed by atoms with Gasteiger partial charge in [0.2, 0.25) is 0 Å². The molecule has 1 aromatic rings. The van der Waals surface area contributed by atoms with E-state index in [1.54, 1.807) is 20.3 Å². The summed E-state index contributed by atoms with van der Waals surface area (Å²) in [6.07, 6.45) is 4.64. The monoisotopic (exact) mass is 359 g/mol. The number of carbonyl (C=O) groups excluding carboxylic acids is 1. The lowest BCUT2D eigenvalue weighted by Crippen LogP contribution is -2.43. The molecule has 2 aliphatic heterocycles. The summed E-state index contributed by atoms with van der Waals surface area (Å²) in [5, 5.41) is 0. The summed E-state index contributed by atoms with van der Waals surface area (Å²) in [6, 6.07) is 4.49. The van der Waals surface area contributed by atoms with Gasteiger partial charge in [0, 0.05) is 25.2 Å². The Hall–Kier alpha value is -2.01. The van der Waals surface area contributed by atoms with Crippen LogP contribution in [0.3, 0.4) is 0 Å². The normalized spacial score (nSPS) is 23.9. The molecule has 2 aliphatic rings. The molecule has 0 aromatic heterocycles. The van der Waals surface area contributed by atoms with Crippen LogP contribution >= 0.6 is 0 Å². The second kappa shape index (κ2) is 8.12. The summed E-state index contributed by atoms with van der Waals surface area (Å²) in [5.74, 6) is 1.74. The lowest BCUT2D eigenvalue weighted by molar-refractivity contribution is -0.137. The molecule has 0 bridgehead atoms. The maximum Gasteiger partial charge on any atom is 0.330 e. The summed E-state index contributed by atoms with van der Waals surface area (Å²) in [5.41, 5.74) is 3.81. The number of hydrogen-bond acceptors (Lipinski definition) is 5. The number of benzene rings is 1. The van der Waals surface area contributed by atoms with Crippen LogP contribution in [0.15, 0.2) is 23.8 Å². The second-order valence-corrected chi connectivity index (χ2v) is 6.95. The first-order chi connectivity index (χ1) is 12.6. The van der Waals surface area contributed by atoms with Crippen molar-refractivity contribution in [3.8, 4) is 11.5 Å². The fourth-order valence-corrected chi connectivity index (χ4v) is 4.23. The van der Waals surface area contributed by atoms with Gasteiger partial charge in [-0.05, 0) is 55.4 Å². The van der Waals surface area contributed by atoms with Gasteiger partial charge in [-0.25, -0.2) is 4.79 Å². The van der Waals surface area contributed by atoms with Crippen molar-refractivity contribution >= 4 is 5.97 Å². The van der Waals surface area contributed by atoms with Crippen LogP contribution < -0.4 is 9.47 Å². The highest BCUT2D eigenvalue weighted by Gasteiger charge is 2.36. The zero-order chi connectivity index (χ0) is 18.7. The first-order valence-corrected chi connectivity index (χ1v) is 9.47. The third-order valence-electron chi connectivity index (χ3n) is 5.60. The number of rotatable bonds is 5. The average Bonchev–Trinajstić information content (AvgIpc) is 2.66. The van der Waals surface area contributed by atoms with Crippen LogP contribution in [-0.2, 0) is 16.0 Å². The molecular weight excluding hydrogens is 330 g/mol. The quantitative estimate of drug-likeness (QED) is 0.595. The largest absolute Gasteiger partial charge is 0.493 e.